The monoisotopic (exact) mass is 301 g/mol. The summed E-state index contributed by atoms with van der Waals surface area (Å²) in [5, 5.41) is 0.228. The summed E-state index contributed by atoms with van der Waals surface area (Å²) in [6, 6.07) is 16.8. The SMILES string of the molecule is CCC(N)C(Sc1ccccc1OC)c1cccc(C)c1. The lowest BCUT2D eigenvalue weighted by atomic mass is 10.0. The van der Waals surface area contributed by atoms with Crippen molar-refractivity contribution in [1.29, 1.82) is 0 Å². The number of para-hydroxylation sites is 1. The van der Waals surface area contributed by atoms with E-state index in [0.717, 1.165) is 17.1 Å². The first kappa shape index (κ1) is 15.9. The van der Waals surface area contributed by atoms with Gasteiger partial charge in [0.1, 0.15) is 5.75 Å². The first-order valence-corrected chi connectivity index (χ1v) is 8.15. The maximum Gasteiger partial charge on any atom is 0.132 e. The lowest BCUT2D eigenvalue weighted by Gasteiger charge is -2.24. The highest BCUT2D eigenvalue weighted by molar-refractivity contribution is 7.99. The molecule has 2 nitrogen and oxygen atoms in total. The van der Waals surface area contributed by atoms with Crippen LogP contribution in [0.1, 0.15) is 29.7 Å². The smallest absolute Gasteiger partial charge is 0.132 e. The van der Waals surface area contributed by atoms with Gasteiger partial charge < -0.3 is 10.5 Å². The summed E-state index contributed by atoms with van der Waals surface area (Å²) in [7, 11) is 1.71. The molecule has 0 amide bonds. The van der Waals surface area contributed by atoms with Crippen LogP contribution in [0.4, 0.5) is 0 Å². The minimum Gasteiger partial charge on any atom is -0.496 e. The summed E-state index contributed by atoms with van der Waals surface area (Å²) in [6.45, 7) is 4.25. The first-order valence-electron chi connectivity index (χ1n) is 7.27. The van der Waals surface area contributed by atoms with Crippen LogP contribution < -0.4 is 10.5 Å². The molecule has 0 aliphatic heterocycles. The zero-order valence-electron chi connectivity index (χ0n) is 12.9. The fourth-order valence-corrected chi connectivity index (χ4v) is 3.66. The van der Waals surface area contributed by atoms with Gasteiger partial charge in [0.05, 0.1) is 7.11 Å². The van der Waals surface area contributed by atoms with Crippen LogP contribution in [0.15, 0.2) is 53.4 Å². The highest BCUT2D eigenvalue weighted by Gasteiger charge is 2.21. The van der Waals surface area contributed by atoms with E-state index >= 15 is 0 Å². The van der Waals surface area contributed by atoms with Crippen molar-refractivity contribution in [2.45, 2.75) is 36.5 Å². The van der Waals surface area contributed by atoms with Crippen molar-refractivity contribution in [2.24, 2.45) is 5.73 Å². The van der Waals surface area contributed by atoms with Gasteiger partial charge in [-0.1, -0.05) is 48.9 Å². The van der Waals surface area contributed by atoms with Gasteiger partial charge in [0.2, 0.25) is 0 Å². The third-order valence-electron chi connectivity index (χ3n) is 3.55. The summed E-state index contributed by atoms with van der Waals surface area (Å²) in [4.78, 5) is 1.13. The van der Waals surface area contributed by atoms with Crippen molar-refractivity contribution in [3.63, 3.8) is 0 Å². The Bertz CT molecular complexity index is 585. The quantitative estimate of drug-likeness (QED) is 0.794. The number of thioether (sulfide) groups is 1. The van der Waals surface area contributed by atoms with Gasteiger partial charge in [-0.3, -0.25) is 0 Å². The highest BCUT2D eigenvalue weighted by Crippen LogP contribution is 2.42. The minimum absolute atomic E-state index is 0.113. The number of hydrogen-bond donors (Lipinski definition) is 1. The maximum atomic E-state index is 6.38. The number of hydrogen-bond acceptors (Lipinski definition) is 3. The zero-order valence-corrected chi connectivity index (χ0v) is 13.7. The van der Waals surface area contributed by atoms with Crippen LogP contribution >= 0.6 is 11.8 Å². The normalized spacial score (nSPS) is 13.7. The predicted molar refractivity (Wildman–Crippen MR) is 91.0 cm³/mol. The molecule has 21 heavy (non-hydrogen) atoms. The molecule has 0 saturated heterocycles. The molecule has 3 heteroatoms. The number of rotatable bonds is 6. The van der Waals surface area contributed by atoms with Crippen LogP contribution in [-0.2, 0) is 0 Å². The summed E-state index contributed by atoms with van der Waals surface area (Å²) in [5.74, 6) is 0.906. The summed E-state index contributed by atoms with van der Waals surface area (Å²) in [6.07, 6.45) is 0.945. The Morgan fingerprint density at radius 1 is 1.14 bits per heavy atom. The third-order valence-corrected chi connectivity index (χ3v) is 5.02. The molecular formula is C18H23NOS. The molecule has 2 rings (SSSR count). The van der Waals surface area contributed by atoms with Gasteiger partial charge in [0.25, 0.3) is 0 Å². The van der Waals surface area contributed by atoms with E-state index in [2.05, 4.69) is 44.2 Å². The van der Waals surface area contributed by atoms with Gasteiger partial charge in [-0.2, -0.15) is 0 Å². The van der Waals surface area contributed by atoms with Crippen LogP contribution in [0.2, 0.25) is 0 Å². The van der Waals surface area contributed by atoms with E-state index in [9.17, 15) is 0 Å². The first-order chi connectivity index (χ1) is 10.2. The second-order valence-electron chi connectivity index (χ2n) is 5.18. The van der Waals surface area contributed by atoms with Gasteiger partial charge >= 0.3 is 0 Å². The van der Waals surface area contributed by atoms with Crippen LogP contribution in [-0.4, -0.2) is 13.2 Å². The number of methoxy groups -OCH3 is 1. The molecule has 0 saturated carbocycles. The van der Waals surface area contributed by atoms with Crippen LogP contribution in [0.25, 0.3) is 0 Å². The Morgan fingerprint density at radius 2 is 1.90 bits per heavy atom. The lowest BCUT2D eigenvalue weighted by Crippen LogP contribution is -2.25. The third kappa shape index (κ3) is 4.02. The molecule has 112 valence electrons. The molecule has 0 aliphatic carbocycles. The number of benzene rings is 2. The van der Waals surface area contributed by atoms with Crippen molar-refractivity contribution in [3.8, 4) is 5.75 Å². The van der Waals surface area contributed by atoms with Gasteiger partial charge in [0, 0.05) is 16.2 Å². The number of aryl methyl sites for hydroxylation is 1. The lowest BCUT2D eigenvalue weighted by molar-refractivity contribution is 0.404. The topological polar surface area (TPSA) is 35.2 Å². The second-order valence-corrected chi connectivity index (χ2v) is 6.36. The Labute approximate surface area is 131 Å². The van der Waals surface area contributed by atoms with E-state index in [4.69, 9.17) is 10.5 Å². The van der Waals surface area contributed by atoms with Crippen molar-refractivity contribution >= 4 is 11.8 Å². The molecule has 0 aromatic heterocycles. The molecule has 2 atom stereocenters. The Balaban J connectivity index is 2.33. The molecule has 2 aromatic rings. The second kappa shape index (κ2) is 7.53. The van der Waals surface area contributed by atoms with Crippen LogP contribution in [0, 0.1) is 6.92 Å². The summed E-state index contributed by atoms with van der Waals surface area (Å²) < 4.78 is 5.46. The predicted octanol–water partition coefficient (Wildman–Crippen LogP) is 4.57. The fourth-order valence-electron chi connectivity index (χ4n) is 2.32. The standard InChI is InChI=1S/C18H23NOS/c1-4-15(19)18(14-9-7-8-13(2)12-14)21-17-11-6-5-10-16(17)20-3/h5-12,15,18H,4,19H2,1-3H3. The molecular weight excluding hydrogens is 278 g/mol. The van der Waals surface area contributed by atoms with Crippen molar-refractivity contribution in [1.82, 2.24) is 0 Å². The minimum atomic E-state index is 0.113. The molecule has 2 aromatic carbocycles. The van der Waals surface area contributed by atoms with E-state index in [1.165, 1.54) is 11.1 Å². The van der Waals surface area contributed by atoms with Gasteiger partial charge in [-0.25, -0.2) is 0 Å². The molecule has 0 spiro atoms. The summed E-state index contributed by atoms with van der Waals surface area (Å²) >= 11 is 1.78. The molecule has 0 fully saturated rings. The molecule has 2 N–H and O–H groups in total. The van der Waals surface area contributed by atoms with Crippen molar-refractivity contribution in [2.75, 3.05) is 7.11 Å². The van der Waals surface area contributed by atoms with Gasteiger partial charge in [0.15, 0.2) is 0 Å². The van der Waals surface area contributed by atoms with Crippen molar-refractivity contribution < 1.29 is 4.74 Å². The number of ether oxygens (including phenoxy) is 1. The van der Waals surface area contributed by atoms with Crippen LogP contribution in [0.5, 0.6) is 5.75 Å². The van der Waals surface area contributed by atoms with E-state index in [-0.39, 0.29) is 11.3 Å². The van der Waals surface area contributed by atoms with Gasteiger partial charge in [-0.05, 0) is 31.0 Å². The summed E-state index contributed by atoms with van der Waals surface area (Å²) in [5.41, 5.74) is 8.92. The molecule has 2 unspecified atom stereocenters. The number of nitrogens with two attached hydrogens (primary N) is 1. The Morgan fingerprint density at radius 3 is 2.57 bits per heavy atom. The van der Waals surface area contributed by atoms with Gasteiger partial charge in [-0.15, -0.1) is 11.8 Å². The van der Waals surface area contributed by atoms with Crippen LogP contribution in [0.3, 0.4) is 0 Å². The van der Waals surface area contributed by atoms with Crippen molar-refractivity contribution in [3.05, 3.63) is 59.7 Å². The fraction of sp³-hybridized carbons (Fsp3) is 0.333. The van der Waals surface area contributed by atoms with E-state index < -0.39 is 0 Å². The Kier molecular flexibility index (Phi) is 5.71. The highest BCUT2D eigenvalue weighted by atomic mass is 32.2. The van der Waals surface area contributed by atoms with E-state index in [1.807, 2.05) is 18.2 Å². The maximum absolute atomic E-state index is 6.38. The average molecular weight is 301 g/mol. The molecule has 0 heterocycles. The van der Waals surface area contributed by atoms with E-state index in [0.29, 0.717) is 0 Å². The van der Waals surface area contributed by atoms with E-state index in [1.54, 1.807) is 18.9 Å². The largest absolute Gasteiger partial charge is 0.496 e. The molecule has 0 radical (unpaired) electrons. The molecule has 0 bridgehead atoms. The average Bonchev–Trinajstić information content (AvgIpc) is 2.52. The molecule has 0 aliphatic rings. The zero-order chi connectivity index (χ0) is 15.2. The Hall–Kier alpha value is -1.45.